The molecule has 1 rings (SSSR count). The summed E-state index contributed by atoms with van der Waals surface area (Å²) < 4.78 is 0. The van der Waals surface area contributed by atoms with E-state index in [1.54, 1.807) is 0 Å². The third-order valence-corrected chi connectivity index (χ3v) is 2.89. The number of hydrogen-bond acceptors (Lipinski definition) is 0. The Morgan fingerprint density at radius 2 is 1.20 bits per heavy atom. The molecular weight excluding hydrogens is 240 g/mol. The first-order valence-electron chi connectivity index (χ1n) is 8.59. The van der Waals surface area contributed by atoms with Crippen molar-refractivity contribution in [2.24, 2.45) is 5.41 Å². The zero-order valence-electron chi connectivity index (χ0n) is 15.7. The van der Waals surface area contributed by atoms with E-state index in [1.807, 2.05) is 27.7 Å². The fraction of sp³-hybridized carbons (Fsp3) is 0.700. The maximum atomic E-state index is 2.34. The van der Waals surface area contributed by atoms with Crippen molar-refractivity contribution in [3.8, 4) is 0 Å². The number of benzene rings is 1. The van der Waals surface area contributed by atoms with Crippen LogP contribution in [0.4, 0.5) is 0 Å². The van der Waals surface area contributed by atoms with Crippen LogP contribution in [-0.2, 0) is 6.42 Å². The second-order valence-electron chi connectivity index (χ2n) is 5.21. The summed E-state index contributed by atoms with van der Waals surface area (Å²) in [6.45, 7) is 19.2. The largest absolute Gasteiger partial charge is 0.0683 e. The van der Waals surface area contributed by atoms with Crippen molar-refractivity contribution < 1.29 is 0 Å². The molecule has 0 bridgehead atoms. The van der Waals surface area contributed by atoms with Gasteiger partial charge in [0, 0.05) is 0 Å². The average molecular weight is 281 g/mol. The van der Waals surface area contributed by atoms with Gasteiger partial charge in [-0.05, 0) is 23.8 Å². The molecule has 0 amide bonds. The van der Waals surface area contributed by atoms with E-state index >= 15 is 0 Å². The number of rotatable bonds is 4. The highest BCUT2D eigenvalue weighted by Crippen LogP contribution is 2.26. The van der Waals surface area contributed by atoms with Crippen LogP contribution >= 0.6 is 0 Å². The minimum atomic E-state index is 0.496. The molecule has 120 valence electrons. The fourth-order valence-electron chi connectivity index (χ4n) is 1.30. The van der Waals surface area contributed by atoms with Crippen molar-refractivity contribution in [2.45, 2.75) is 88.0 Å². The average Bonchev–Trinajstić information content (AvgIpc) is 2.51. The topological polar surface area (TPSA) is 0 Å². The Morgan fingerprint density at radius 3 is 1.55 bits per heavy atom. The molecule has 0 saturated carbocycles. The van der Waals surface area contributed by atoms with Gasteiger partial charge in [0.05, 0.1) is 0 Å². The van der Waals surface area contributed by atoms with E-state index in [1.165, 1.54) is 31.2 Å². The van der Waals surface area contributed by atoms with E-state index in [-0.39, 0.29) is 0 Å². The minimum absolute atomic E-state index is 0.496. The second-order valence-corrected chi connectivity index (χ2v) is 5.21. The van der Waals surface area contributed by atoms with Crippen LogP contribution in [0.5, 0.6) is 0 Å². The van der Waals surface area contributed by atoms with Gasteiger partial charge >= 0.3 is 0 Å². The molecule has 0 aromatic heterocycles. The molecule has 0 aliphatic carbocycles. The summed E-state index contributed by atoms with van der Waals surface area (Å²) in [5.74, 6) is 0. The van der Waals surface area contributed by atoms with Gasteiger partial charge in [-0.1, -0.05) is 105 Å². The van der Waals surface area contributed by atoms with Crippen molar-refractivity contribution in [3.63, 3.8) is 0 Å². The van der Waals surface area contributed by atoms with E-state index in [0.717, 1.165) is 0 Å². The van der Waals surface area contributed by atoms with Crippen molar-refractivity contribution >= 4 is 0 Å². The summed E-state index contributed by atoms with van der Waals surface area (Å²) in [6, 6.07) is 10.7. The Balaban J connectivity index is -0.000000355. The number of hydrogen-bond donors (Lipinski definition) is 0. The summed E-state index contributed by atoms with van der Waals surface area (Å²) in [6.07, 6.45) is 5.01. The predicted molar refractivity (Wildman–Crippen MR) is 97.5 cm³/mol. The first kappa shape index (κ1) is 24.3. The fourth-order valence-corrected chi connectivity index (χ4v) is 1.30. The van der Waals surface area contributed by atoms with Crippen LogP contribution in [0.2, 0.25) is 0 Å². The van der Waals surface area contributed by atoms with Crippen LogP contribution in [0.15, 0.2) is 30.3 Å². The van der Waals surface area contributed by atoms with Crippen molar-refractivity contribution in [1.82, 2.24) is 0 Å². The van der Waals surface area contributed by atoms with Crippen LogP contribution in [-0.4, -0.2) is 0 Å². The summed E-state index contributed by atoms with van der Waals surface area (Å²) in [4.78, 5) is 0. The van der Waals surface area contributed by atoms with Crippen LogP contribution in [0, 0.1) is 5.41 Å². The lowest BCUT2D eigenvalue weighted by molar-refractivity contribution is 0.322. The van der Waals surface area contributed by atoms with E-state index in [0.29, 0.717) is 5.41 Å². The van der Waals surface area contributed by atoms with Crippen LogP contribution in [0.1, 0.15) is 87.1 Å². The Hall–Kier alpha value is -0.780. The Labute approximate surface area is 130 Å². The molecule has 0 saturated heterocycles. The summed E-state index contributed by atoms with van der Waals surface area (Å²) in [5, 5.41) is 0. The molecule has 0 nitrogen and oxygen atoms in total. The molecule has 20 heavy (non-hydrogen) atoms. The molecule has 0 aliphatic rings. The SMILES string of the molecule is CC.CC.CCC.CCC(C)(C)CCc1ccccc1. The maximum Gasteiger partial charge on any atom is -0.0274 e. The summed E-state index contributed by atoms with van der Waals surface area (Å²) in [7, 11) is 0. The van der Waals surface area contributed by atoms with E-state index in [9.17, 15) is 0 Å². The first-order chi connectivity index (χ1) is 9.55. The molecule has 0 heteroatoms. The lowest BCUT2D eigenvalue weighted by atomic mass is 9.84. The van der Waals surface area contributed by atoms with Gasteiger partial charge in [-0.2, -0.15) is 0 Å². The van der Waals surface area contributed by atoms with E-state index in [2.05, 4.69) is 65.0 Å². The van der Waals surface area contributed by atoms with Gasteiger partial charge in [0.2, 0.25) is 0 Å². The summed E-state index contributed by atoms with van der Waals surface area (Å²) in [5.41, 5.74) is 1.96. The van der Waals surface area contributed by atoms with E-state index in [4.69, 9.17) is 0 Å². The van der Waals surface area contributed by atoms with Gasteiger partial charge in [0.15, 0.2) is 0 Å². The molecule has 0 aliphatic heterocycles. The maximum absolute atomic E-state index is 2.34. The van der Waals surface area contributed by atoms with Crippen molar-refractivity contribution in [3.05, 3.63) is 35.9 Å². The Morgan fingerprint density at radius 1 is 0.800 bits per heavy atom. The lowest BCUT2D eigenvalue weighted by Crippen LogP contribution is -2.10. The Kier molecular flexibility index (Phi) is 22.1. The molecule has 0 atom stereocenters. The third-order valence-electron chi connectivity index (χ3n) is 2.89. The molecule has 0 N–H and O–H groups in total. The van der Waals surface area contributed by atoms with Crippen LogP contribution < -0.4 is 0 Å². The van der Waals surface area contributed by atoms with Gasteiger partial charge in [0.1, 0.15) is 0 Å². The minimum Gasteiger partial charge on any atom is -0.0683 e. The van der Waals surface area contributed by atoms with Gasteiger partial charge in [-0.25, -0.2) is 0 Å². The predicted octanol–water partition coefficient (Wildman–Crippen LogP) is 7.52. The molecule has 0 unspecified atom stereocenters. The molecule has 0 fully saturated rings. The highest BCUT2D eigenvalue weighted by molar-refractivity contribution is 5.14. The smallest absolute Gasteiger partial charge is 0.0274 e. The third kappa shape index (κ3) is 17.2. The molecule has 1 aromatic carbocycles. The van der Waals surface area contributed by atoms with Gasteiger partial charge < -0.3 is 0 Å². The molecule has 1 aromatic rings. The van der Waals surface area contributed by atoms with Gasteiger partial charge in [-0.3, -0.25) is 0 Å². The standard InChI is InChI=1S/C13H20.C3H8.2C2H6/c1-4-13(2,3)11-10-12-8-6-5-7-9-12;1-3-2;2*1-2/h5-9H,4,10-11H2,1-3H3;3H2,1-2H3;2*1-2H3. The normalized spacial score (nSPS) is 9.05. The first-order valence-corrected chi connectivity index (χ1v) is 8.59. The zero-order valence-corrected chi connectivity index (χ0v) is 15.7. The summed E-state index contributed by atoms with van der Waals surface area (Å²) >= 11 is 0. The van der Waals surface area contributed by atoms with Crippen molar-refractivity contribution in [1.29, 1.82) is 0 Å². The second kappa shape index (κ2) is 18.2. The highest BCUT2D eigenvalue weighted by Gasteiger charge is 2.14. The van der Waals surface area contributed by atoms with Crippen molar-refractivity contribution in [2.75, 3.05) is 0 Å². The molecule has 0 spiro atoms. The van der Waals surface area contributed by atoms with Gasteiger partial charge in [0.25, 0.3) is 0 Å². The Bertz CT molecular complexity index is 246. The molecule has 0 radical (unpaired) electrons. The molecular formula is C20H40. The zero-order chi connectivity index (χ0) is 16.4. The van der Waals surface area contributed by atoms with Gasteiger partial charge in [-0.15, -0.1) is 0 Å². The quantitative estimate of drug-likeness (QED) is 0.535. The molecule has 0 heterocycles. The number of aryl methyl sites for hydroxylation is 1. The van der Waals surface area contributed by atoms with Crippen LogP contribution in [0.25, 0.3) is 0 Å². The highest BCUT2D eigenvalue weighted by atomic mass is 14.2. The van der Waals surface area contributed by atoms with E-state index < -0.39 is 0 Å². The van der Waals surface area contributed by atoms with Crippen LogP contribution in [0.3, 0.4) is 0 Å². The monoisotopic (exact) mass is 280 g/mol. The lowest BCUT2D eigenvalue weighted by Gasteiger charge is -2.22.